The highest BCUT2D eigenvalue weighted by atomic mass is 16.7. The number of fused-ring (bicyclic) bond motifs is 1. The predicted octanol–water partition coefficient (Wildman–Crippen LogP) is 0.834. The van der Waals surface area contributed by atoms with E-state index in [1.54, 1.807) is 18.2 Å². The lowest BCUT2D eigenvalue weighted by atomic mass is 9.61. The molecular weight excluding hydrogens is 424 g/mol. The van der Waals surface area contributed by atoms with Crippen LogP contribution in [0.25, 0.3) is 0 Å². The van der Waals surface area contributed by atoms with Gasteiger partial charge in [0.2, 0.25) is 6.79 Å². The maximum Gasteiger partial charge on any atom is 0.317 e. The van der Waals surface area contributed by atoms with E-state index in [0.29, 0.717) is 17.1 Å². The molecule has 1 fully saturated rings. The van der Waals surface area contributed by atoms with Crippen LogP contribution in [0.5, 0.6) is 11.5 Å². The largest absolute Gasteiger partial charge is 0.463 e. The van der Waals surface area contributed by atoms with Gasteiger partial charge < -0.3 is 33.5 Å². The zero-order valence-corrected chi connectivity index (χ0v) is 18.3. The van der Waals surface area contributed by atoms with Gasteiger partial charge in [0.1, 0.15) is 19.1 Å². The van der Waals surface area contributed by atoms with Gasteiger partial charge in [0.25, 0.3) is 0 Å². The monoisotopic (exact) mass is 452 g/mol. The van der Waals surface area contributed by atoms with Gasteiger partial charge in [-0.1, -0.05) is 6.07 Å². The van der Waals surface area contributed by atoms with Crippen molar-refractivity contribution in [3.8, 4) is 11.5 Å². The van der Waals surface area contributed by atoms with Crippen molar-refractivity contribution in [2.24, 2.45) is 11.8 Å². The Kier molecular flexibility index (Phi) is 7.70. The third-order valence-electron chi connectivity index (χ3n) is 5.62. The third-order valence-corrected chi connectivity index (χ3v) is 5.62. The average molecular weight is 452 g/mol. The molecule has 4 atom stereocenters. The van der Waals surface area contributed by atoms with Gasteiger partial charge in [-0.3, -0.25) is 14.4 Å². The summed E-state index contributed by atoms with van der Waals surface area (Å²) in [6.45, 7) is 1.65. The Balaban J connectivity index is 2.01. The van der Waals surface area contributed by atoms with Crippen molar-refractivity contribution in [3.05, 3.63) is 23.8 Å². The molecule has 0 bridgehead atoms. The topological polar surface area (TPSA) is 127 Å². The summed E-state index contributed by atoms with van der Waals surface area (Å²) in [5.74, 6) is -4.70. The summed E-state index contributed by atoms with van der Waals surface area (Å²) in [4.78, 5) is 39.0. The first-order valence-corrected chi connectivity index (χ1v) is 10.3. The van der Waals surface area contributed by atoms with Crippen molar-refractivity contribution in [3.63, 3.8) is 0 Å². The average Bonchev–Trinajstić information content (AvgIpc) is 3.20. The Morgan fingerprint density at radius 2 is 1.66 bits per heavy atom. The van der Waals surface area contributed by atoms with E-state index in [1.165, 1.54) is 21.1 Å². The molecule has 0 aromatic heterocycles. The third kappa shape index (κ3) is 5.03. The molecule has 3 rings (SSSR count). The fourth-order valence-electron chi connectivity index (χ4n) is 4.17. The normalized spacial score (nSPS) is 26.6. The first kappa shape index (κ1) is 24.0. The molecule has 0 saturated heterocycles. The highest BCUT2D eigenvalue weighted by molar-refractivity contribution is 6.02. The summed E-state index contributed by atoms with van der Waals surface area (Å²) in [6.07, 6.45) is -0.401. The minimum Gasteiger partial charge on any atom is -0.463 e. The van der Waals surface area contributed by atoms with E-state index in [4.69, 9.17) is 28.4 Å². The molecule has 1 aromatic rings. The van der Waals surface area contributed by atoms with Gasteiger partial charge in [0, 0.05) is 26.6 Å². The molecule has 1 saturated carbocycles. The van der Waals surface area contributed by atoms with Crippen LogP contribution in [0.15, 0.2) is 18.2 Å². The lowest BCUT2D eigenvalue weighted by molar-refractivity contribution is -0.174. The van der Waals surface area contributed by atoms with Crippen molar-refractivity contribution >= 4 is 17.7 Å². The van der Waals surface area contributed by atoms with Crippen molar-refractivity contribution in [2.45, 2.75) is 24.9 Å². The molecule has 0 spiro atoms. The molecule has 1 aromatic carbocycles. The molecule has 10 nitrogen and oxygen atoms in total. The van der Waals surface area contributed by atoms with Crippen LogP contribution in [0.3, 0.4) is 0 Å². The number of hydrogen-bond acceptors (Lipinski definition) is 10. The molecule has 4 unspecified atom stereocenters. The molecule has 1 heterocycles. The molecule has 10 heteroatoms. The Hall–Kier alpha value is -2.69. The van der Waals surface area contributed by atoms with Crippen LogP contribution in [0.4, 0.5) is 0 Å². The zero-order chi connectivity index (χ0) is 23.3. The van der Waals surface area contributed by atoms with Crippen LogP contribution in [0, 0.1) is 11.8 Å². The van der Waals surface area contributed by atoms with E-state index >= 15 is 0 Å². The quantitative estimate of drug-likeness (QED) is 0.327. The standard InChI is InChI=1S/C22H28O10/c1-22(26)11-14(23)18(20(24)29-8-6-27-2)17(19(22)21(25)30-9-7-28-3)13-4-5-15-16(10-13)32-12-31-15/h4-5,10,17-19,26H,6-9,11-12H2,1-3H3. The fraction of sp³-hybridized carbons (Fsp3) is 0.591. The number of aliphatic hydroxyl groups is 1. The minimum absolute atomic E-state index is 0.0328. The first-order chi connectivity index (χ1) is 15.3. The van der Waals surface area contributed by atoms with Crippen LogP contribution >= 0.6 is 0 Å². The molecule has 0 radical (unpaired) electrons. The Morgan fingerprint density at radius 1 is 1.03 bits per heavy atom. The van der Waals surface area contributed by atoms with E-state index < -0.39 is 47.5 Å². The predicted molar refractivity (Wildman–Crippen MR) is 108 cm³/mol. The van der Waals surface area contributed by atoms with E-state index in [-0.39, 0.29) is 33.2 Å². The van der Waals surface area contributed by atoms with Gasteiger partial charge in [-0.2, -0.15) is 0 Å². The number of hydrogen-bond donors (Lipinski definition) is 1. The Bertz CT molecular complexity index is 849. The summed E-state index contributed by atoms with van der Waals surface area (Å²) >= 11 is 0. The Labute approximate surface area is 185 Å². The summed E-state index contributed by atoms with van der Waals surface area (Å²) in [5, 5.41) is 11.1. The van der Waals surface area contributed by atoms with E-state index in [2.05, 4.69) is 0 Å². The second-order valence-corrected chi connectivity index (χ2v) is 7.91. The molecule has 1 aliphatic heterocycles. The molecule has 1 N–H and O–H groups in total. The number of methoxy groups -OCH3 is 2. The number of rotatable bonds is 9. The number of Topliss-reactive ketones (excluding diaryl/α,β-unsaturated/α-hetero) is 1. The highest BCUT2D eigenvalue weighted by Crippen LogP contribution is 2.48. The van der Waals surface area contributed by atoms with E-state index in [9.17, 15) is 19.5 Å². The maximum absolute atomic E-state index is 13.1. The lowest BCUT2D eigenvalue weighted by Crippen LogP contribution is -2.55. The molecule has 2 aliphatic rings. The van der Waals surface area contributed by atoms with Gasteiger partial charge in [-0.15, -0.1) is 0 Å². The summed E-state index contributed by atoms with van der Waals surface area (Å²) < 4.78 is 31.1. The van der Waals surface area contributed by atoms with Crippen molar-refractivity contribution < 1.29 is 47.9 Å². The molecule has 0 amide bonds. The number of ketones is 1. The SMILES string of the molecule is COCCOC(=O)C1C(=O)CC(C)(O)C(C(=O)OCCOC)C1c1ccc2c(c1)OCO2. The van der Waals surface area contributed by atoms with Crippen molar-refractivity contribution in [1.29, 1.82) is 0 Å². The van der Waals surface area contributed by atoms with Crippen LogP contribution < -0.4 is 9.47 Å². The lowest BCUT2D eigenvalue weighted by Gasteiger charge is -2.43. The number of ether oxygens (including phenoxy) is 6. The summed E-state index contributed by atoms with van der Waals surface area (Å²) in [5.41, 5.74) is -1.30. The maximum atomic E-state index is 13.1. The second kappa shape index (κ2) is 10.3. The number of carbonyl (C=O) groups is 3. The molecule has 32 heavy (non-hydrogen) atoms. The number of carbonyl (C=O) groups excluding carboxylic acids is 3. The van der Waals surface area contributed by atoms with Gasteiger partial charge in [-0.25, -0.2) is 0 Å². The fourth-order valence-corrected chi connectivity index (χ4v) is 4.17. The molecule has 176 valence electrons. The number of esters is 2. The van der Waals surface area contributed by atoms with Gasteiger partial charge in [-0.05, 0) is 24.6 Å². The van der Waals surface area contributed by atoms with Gasteiger partial charge in [0.15, 0.2) is 17.3 Å². The van der Waals surface area contributed by atoms with E-state index in [1.807, 2.05) is 0 Å². The highest BCUT2D eigenvalue weighted by Gasteiger charge is 2.57. The van der Waals surface area contributed by atoms with Crippen LogP contribution in [-0.2, 0) is 33.3 Å². The van der Waals surface area contributed by atoms with Crippen LogP contribution in [-0.4, -0.2) is 75.9 Å². The molecular formula is C22H28O10. The second-order valence-electron chi connectivity index (χ2n) is 7.91. The Morgan fingerprint density at radius 3 is 2.31 bits per heavy atom. The summed E-state index contributed by atoms with van der Waals surface area (Å²) in [7, 11) is 2.92. The van der Waals surface area contributed by atoms with Crippen molar-refractivity contribution in [2.75, 3.05) is 47.4 Å². The van der Waals surface area contributed by atoms with E-state index in [0.717, 1.165) is 0 Å². The zero-order valence-electron chi connectivity index (χ0n) is 18.3. The van der Waals surface area contributed by atoms with Gasteiger partial charge >= 0.3 is 11.9 Å². The first-order valence-electron chi connectivity index (χ1n) is 10.3. The number of benzene rings is 1. The smallest absolute Gasteiger partial charge is 0.317 e. The minimum atomic E-state index is -1.74. The molecule has 1 aliphatic carbocycles. The van der Waals surface area contributed by atoms with Crippen LogP contribution in [0.2, 0.25) is 0 Å². The van der Waals surface area contributed by atoms with Gasteiger partial charge in [0.05, 0.1) is 24.7 Å². The van der Waals surface area contributed by atoms with Crippen LogP contribution in [0.1, 0.15) is 24.8 Å². The van der Waals surface area contributed by atoms with Crippen molar-refractivity contribution in [1.82, 2.24) is 0 Å². The summed E-state index contributed by atoms with van der Waals surface area (Å²) in [6, 6.07) is 4.87.